The molecule has 0 aliphatic heterocycles. The van der Waals surface area contributed by atoms with Crippen LogP contribution in [0.15, 0.2) is 29.1 Å². The van der Waals surface area contributed by atoms with E-state index in [1.54, 1.807) is 6.20 Å². The second kappa shape index (κ2) is 6.53. The van der Waals surface area contributed by atoms with Crippen molar-refractivity contribution in [2.24, 2.45) is 0 Å². The minimum atomic E-state index is 0.604. The Morgan fingerprint density at radius 2 is 2.47 bits per heavy atom. The third-order valence-corrected chi connectivity index (χ3v) is 2.14. The lowest BCUT2D eigenvalue weighted by Gasteiger charge is -2.07. The van der Waals surface area contributed by atoms with Crippen LogP contribution in [0, 0.1) is 0 Å². The highest BCUT2D eigenvalue weighted by Crippen LogP contribution is 2.16. The van der Waals surface area contributed by atoms with E-state index >= 15 is 0 Å². The molecule has 5 heteroatoms. The number of anilines is 1. The van der Waals surface area contributed by atoms with Gasteiger partial charge < -0.3 is 10.1 Å². The summed E-state index contributed by atoms with van der Waals surface area (Å²) in [5, 5.41) is 3.13. The lowest BCUT2D eigenvalue weighted by atomic mass is 10.4. The molecule has 1 heterocycles. The van der Waals surface area contributed by atoms with Crippen LogP contribution in [-0.2, 0) is 4.74 Å². The summed E-state index contributed by atoms with van der Waals surface area (Å²) in [5.74, 6) is 0.781. The summed E-state index contributed by atoms with van der Waals surface area (Å²) in [7, 11) is 0. The van der Waals surface area contributed by atoms with Crippen molar-refractivity contribution in [3.63, 3.8) is 0 Å². The van der Waals surface area contributed by atoms with Crippen molar-refractivity contribution < 1.29 is 4.74 Å². The van der Waals surface area contributed by atoms with E-state index in [0.29, 0.717) is 19.8 Å². The molecular formula is C10H14BrN3O. The van der Waals surface area contributed by atoms with Gasteiger partial charge in [-0.2, -0.15) is 0 Å². The lowest BCUT2D eigenvalue weighted by Crippen LogP contribution is -2.11. The van der Waals surface area contributed by atoms with Gasteiger partial charge in [0.2, 0.25) is 0 Å². The van der Waals surface area contributed by atoms with Crippen LogP contribution in [0.1, 0.15) is 6.92 Å². The summed E-state index contributed by atoms with van der Waals surface area (Å²) in [6.45, 7) is 7.63. The number of nitrogens with zero attached hydrogens (tertiary/aromatic N) is 2. The molecule has 1 N–H and O–H groups in total. The smallest absolute Gasteiger partial charge is 0.143 e. The Morgan fingerprint density at radius 1 is 1.67 bits per heavy atom. The Morgan fingerprint density at radius 3 is 3.13 bits per heavy atom. The van der Waals surface area contributed by atoms with E-state index in [1.165, 1.54) is 6.33 Å². The molecule has 1 rings (SSSR count). The van der Waals surface area contributed by atoms with Crippen molar-refractivity contribution >= 4 is 21.7 Å². The molecule has 0 fully saturated rings. The van der Waals surface area contributed by atoms with Crippen molar-refractivity contribution in [3.8, 4) is 0 Å². The van der Waals surface area contributed by atoms with E-state index in [2.05, 4.69) is 37.8 Å². The monoisotopic (exact) mass is 271 g/mol. The van der Waals surface area contributed by atoms with Gasteiger partial charge in [-0.25, -0.2) is 9.97 Å². The highest BCUT2D eigenvalue weighted by molar-refractivity contribution is 9.10. The average molecular weight is 272 g/mol. The molecule has 82 valence electrons. The molecule has 0 aliphatic carbocycles. The van der Waals surface area contributed by atoms with E-state index in [9.17, 15) is 0 Å². The summed E-state index contributed by atoms with van der Waals surface area (Å²) in [6, 6.07) is 0. The fraction of sp³-hybridized carbons (Fsp3) is 0.400. The van der Waals surface area contributed by atoms with E-state index in [-0.39, 0.29) is 0 Å². The van der Waals surface area contributed by atoms with Crippen molar-refractivity contribution in [1.29, 1.82) is 0 Å². The molecule has 1 aromatic heterocycles. The Bertz CT molecular complexity index is 330. The second-order valence-electron chi connectivity index (χ2n) is 3.16. The zero-order chi connectivity index (χ0) is 11.1. The molecule has 15 heavy (non-hydrogen) atoms. The molecule has 1 aromatic rings. The molecule has 0 amide bonds. The largest absolute Gasteiger partial charge is 0.375 e. The van der Waals surface area contributed by atoms with Gasteiger partial charge in [-0.15, -0.1) is 0 Å². The molecular weight excluding hydrogens is 258 g/mol. The van der Waals surface area contributed by atoms with E-state index in [4.69, 9.17) is 4.74 Å². The first-order valence-corrected chi connectivity index (χ1v) is 5.41. The predicted octanol–water partition coefficient (Wildman–Crippen LogP) is 2.24. The fourth-order valence-corrected chi connectivity index (χ4v) is 1.29. The molecule has 0 saturated heterocycles. The van der Waals surface area contributed by atoms with Gasteiger partial charge in [-0.05, 0) is 22.9 Å². The molecule has 0 aliphatic rings. The lowest BCUT2D eigenvalue weighted by molar-refractivity contribution is 0.167. The Hall–Kier alpha value is -0.940. The normalized spacial score (nSPS) is 10.0. The van der Waals surface area contributed by atoms with Gasteiger partial charge >= 0.3 is 0 Å². The maximum absolute atomic E-state index is 5.34. The summed E-state index contributed by atoms with van der Waals surface area (Å²) >= 11 is 3.35. The Kier molecular flexibility index (Phi) is 5.28. The molecule has 0 spiro atoms. The summed E-state index contributed by atoms with van der Waals surface area (Å²) < 4.78 is 6.19. The standard InChI is InChI=1S/C10H14BrN3O/c1-8(2)6-15-4-3-13-10-9(11)5-12-7-14-10/h5,7H,1,3-4,6H2,2H3,(H,12,13,14). The van der Waals surface area contributed by atoms with Crippen molar-refractivity contribution in [3.05, 3.63) is 29.1 Å². The molecule has 0 aromatic carbocycles. The molecule has 0 radical (unpaired) electrons. The average Bonchev–Trinajstić information content (AvgIpc) is 2.20. The number of rotatable bonds is 6. The topological polar surface area (TPSA) is 47.0 Å². The zero-order valence-electron chi connectivity index (χ0n) is 8.66. The highest BCUT2D eigenvalue weighted by atomic mass is 79.9. The maximum atomic E-state index is 5.34. The van der Waals surface area contributed by atoms with Crippen molar-refractivity contribution in [2.75, 3.05) is 25.1 Å². The van der Waals surface area contributed by atoms with Crippen LogP contribution in [0.25, 0.3) is 0 Å². The molecule has 0 bridgehead atoms. The third kappa shape index (κ3) is 4.90. The number of hydrogen-bond donors (Lipinski definition) is 1. The first-order chi connectivity index (χ1) is 7.20. The van der Waals surface area contributed by atoms with Crippen LogP contribution >= 0.6 is 15.9 Å². The van der Waals surface area contributed by atoms with E-state index in [0.717, 1.165) is 15.9 Å². The molecule has 0 atom stereocenters. The van der Waals surface area contributed by atoms with Gasteiger partial charge in [-0.1, -0.05) is 12.2 Å². The summed E-state index contributed by atoms with van der Waals surface area (Å²) in [5.41, 5.74) is 1.03. The first kappa shape index (κ1) is 12.1. The van der Waals surface area contributed by atoms with E-state index in [1.807, 2.05) is 6.92 Å². The minimum Gasteiger partial charge on any atom is -0.375 e. The number of halogens is 1. The quantitative estimate of drug-likeness (QED) is 0.637. The SMILES string of the molecule is C=C(C)COCCNc1ncncc1Br. The maximum Gasteiger partial charge on any atom is 0.143 e. The zero-order valence-corrected chi connectivity index (χ0v) is 10.2. The van der Waals surface area contributed by atoms with Gasteiger partial charge in [0, 0.05) is 12.7 Å². The van der Waals surface area contributed by atoms with Gasteiger partial charge in [0.25, 0.3) is 0 Å². The molecule has 0 unspecified atom stereocenters. The predicted molar refractivity (Wildman–Crippen MR) is 63.9 cm³/mol. The third-order valence-electron chi connectivity index (χ3n) is 1.55. The van der Waals surface area contributed by atoms with E-state index < -0.39 is 0 Å². The summed E-state index contributed by atoms with van der Waals surface area (Å²) in [4.78, 5) is 7.94. The summed E-state index contributed by atoms with van der Waals surface area (Å²) in [6.07, 6.45) is 3.20. The van der Waals surface area contributed by atoms with Crippen molar-refractivity contribution in [2.45, 2.75) is 6.92 Å². The highest BCUT2D eigenvalue weighted by Gasteiger charge is 1.98. The second-order valence-corrected chi connectivity index (χ2v) is 4.01. The van der Waals surface area contributed by atoms with Crippen LogP contribution in [-0.4, -0.2) is 29.7 Å². The number of ether oxygens (including phenoxy) is 1. The fourth-order valence-electron chi connectivity index (χ4n) is 0.931. The van der Waals surface area contributed by atoms with Gasteiger partial charge in [-0.3, -0.25) is 0 Å². The molecule has 0 saturated carbocycles. The van der Waals surface area contributed by atoms with Crippen LogP contribution < -0.4 is 5.32 Å². The van der Waals surface area contributed by atoms with Gasteiger partial charge in [0.15, 0.2) is 0 Å². The van der Waals surface area contributed by atoms with Crippen molar-refractivity contribution in [1.82, 2.24) is 9.97 Å². The van der Waals surface area contributed by atoms with Gasteiger partial charge in [0.1, 0.15) is 12.1 Å². The van der Waals surface area contributed by atoms with Crippen LogP contribution in [0.2, 0.25) is 0 Å². The first-order valence-electron chi connectivity index (χ1n) is 4.61. The van der Waals surface area contributed by atoms with Crippen LogP contribution in [0.4, 0.5) is 5.82 Å². The van der Waals surface area contributed by atoms with Crippen LogP contribution in [0.5, 0.6) is 0 Å². The van der Waals surface area contributed by atoms with Gasteiger partial charge in [0.05, 0.1) is 17.7 Å². The molecule has 4 nitrogen and oxygen atoms in total. The van der Waals surface area contributed by atoms with Crippen LogP contribution in [0.3, 0.4) is 0 Å². The Balaban J connectivity index is 2.21. The number of nitrogens with one attached hydrogen (secondary N) is 1. The number of hydrogen-bond acceptors (Lipinski definition) is 4. The Labute approximate surface area is 97.9 Å². The minimum absolute atomic E-state index is 0.604. The number of aromatic nitrogens is 2.